The van der Waals surface area contributed by atoms with Crippen molar-refractivity contribution < 1.29 is 0 Å². The number of benzene rings is 3. The van der Waals surface area contributed by atoms with Gasteiger partial charge in [-0.15, -0.1) is 0 Å². The van der Waals surface area contributed by atoms with Crippen LogP contribution >= 0.6 is 34.8 Å². The molecule has 0 radical (unpaired) electrons. The lowest BCUT2D eigenvalue weighted by Crippen LogP contribution is -2.22. The lowest BCUT2D eigenvalue weighted by Gasteiger charge is -2.34. The number of hydrogen-bond acceptors (Lipinski definition) is 1. The summed E-state index contributed by atoms with van der Waals surface area (Å²) < 4.78 is 0. The van der Waals surface area contributed by atoms with Gasteiger partial charge in [0.15, 0.2) is 0 Å². The van der Waals surface area contributed by atoms with Gasteiger partial charge < -0.3 is 5.32 Å². The standard InChI is InChI=1S/C21H16Cl3N/c22-15-5-1-13(2-6-15)18-12-21(14-3-7-16(23)8-4-14)25-20-10-9-17(24)11-19(18)20/h1-11,18,21,25H,12H2/t18-,21+/m0/s1. The van der Waals surface area contributed by atoms with Crippen LogP contribution < -0.4 is 5.32 Å². The summed E-state index contributed by atoms with van der Waals surface area (Å²) in [6, 6.07) is 22.4. The van der Waals surface area contributed by atoms with Gasteiger partial charge in [-0.1, -0.05) is 59.1 Å². The quantitative estimate of drug-likeness (QED) is 0.484. The van der Waals surface area contributed by atoms with Crippen molar-refractivity contribution in [1.29, 1.82) is 0 Å². The fraction of sp³-hybridized carbons (Fsp3) is 0.143. The molecule has 1 N–H and O–H groups in total. The maximum absolute atomic E-state index is 6.26. The molecule has 1 aliphatic heterocycles. The van der Waals surface area contributed by atoms with Gasteiger partial charge in [0.1, 0.15) is 0 Å². The maximum atomic E-state index is 6.26. The number of fused-ring (bicyclic) bond motifs is 1. The Morgan fingerprint density at radius 3 is 1.88 bits per heavy atom. The summed E-state index contributed by atoms with van der Waals surface area (Å²) in [4.78, 5) is 0. The molecule has 0 spiro atoms. The van der Waals surface area contributed by atoms with Crippen molar-refractivity contribution in [3.8, 4) is 0 Å². The van der Waals surface area contributed by atoms with E-state index in [1.807, 2.05) is 30.3 Å². The molecule has 0 aliphatic carbocycles. The Bertz CT molecular complexity index is 888. The van der Waals surface area contributed by atoms with E-state index < -0.39 is 0 Å². The summed E-state index contributed by atoms with van der Waals surface area (Å²) in [5.41, 5.74) is 4.81. The summed E-state index contributed by atoms with van der Waals surface area (Å²) >= 11 is 18.4. The third-order valence-electron chi connectivity index (χ3n) is 4.73. The van der Waals surface area contributed by atoms with Gasteiger partial charge in [-0.2, -0.15) is 0 Å². The van der Waals surface area contributed by atoms with Crippen molar-refractivity contribution in [2.75, 3.05) is 5.32 Å². The summed E-state index contributed by atoms with van der Waals surface area (Å²) in [6.07, 6.45) is 0.941. The van der Waals surface area contributed by atoms with E-state index in [1.165, 1.54) is 16.7 Å². The van der Waals surface area contributed by atoms with Gasteiger partial charge in [0.2, 0.25) is 0 Å². The number of anilines is 1. The second-order valence-corrected chi connectivity index (χ2v) is 7.63. The van der Waals surface area contributed by atoms with E-state index in [0.717, 1.165) is 27.2 Å². The highest BCUT2D eigenvalue weighted by atomic mass is 35.5. The van der Waals surface area contributed by atoms with Crippen molar-refractivity contribution in [2.24, 2.45) is 0 Å². The maximum Gasteiger partial charge on any atom is 0.0523 e. The monoisotopic (exact) mass is 387 g/mol. The molecular weight excluding hydrogens is 373 g/mol. The fourth-order valence-electron chi connectivity index (χ4n) is 3.49. The van der Waals surface area contributed by atoms with E-state index in [0.29, 0.717) is 0 Å². The minimum absolute atomic E-state index is 0.214. The van der Waals surface area contributed by atoms with Crippen molar-refractivity contribution in [1.82, 2.24) is 0 Å². The molecule has 1 aliphatic rings. The first-order valence-corrected chi connectivity index (χ1v) is 9.30. The van der Waals surface area contributed by atoms with Crippen LogP contribution in [0.5, 0.6) is 0 Å². The van der Waals surface area contributed by atoms with Gasteiger partial charge in [-0.25, -0.2) is 0 Å². The molecule has 4 rings (SSSR count). The molecule has 25 heavy (non-hydrogen) atoms. The summed E-state index contributed by atoms with van der Waals surface area (Å²) in [5.74, 6) is 0.257. The SMILES string of the molecule is Clc1ccc([C@@H]2C[C@H](c3ccc(Cl)cc3)Nc3ccc(Cl)cc32)cc1. The lowest BCUT2D eigenvalue weighted by molar-refractivity contribution is 0.603. The number of rotatable bonds is 2. The molecule has 4 heteroatoms. The minimum Gasteiger partial charge on any atom is -0.378 e. The van der Waals surface area contributed by atoms with Crippen molar-refractivity contribution in [3.05, 3.63) is 98.5 Å². The highest BCUT2D eigenvalue weighted by Gasteiger charge is 2.28. The van der Waals surface area contributed by atoms with Gasteiger partial charge in [0, 0.05) is 26.7 Å². The molecule has 2 atom stereocenters. The molecule has 1 nitrogen and oxygen atoms in total. The van der Waals surface area contributed by atoms with E-state index in [2.05, 4.69) is 41.7 Å². The van der Waals surface area contributed by atoms with Crippen LogP contribution in [-0.2, 0) is 0 Å². The van der Waals surface area contributed by atoms with Gasteiger partial charge in [-0.05, 0) is 65.6 Å². The van der Waals surface area contributed by atoms with Crippen LogP contribution in [0, 0.1) is 0 Å². The molecule has 0 amide bonds. The Morgan fingerprint density at radius 1 is 0.680 bits per heavy atom. The van der Waals surface area contributed by atoms with Gasteiger partial charge in [0.25, 0.3) is 0 Å². The minimum atomic E-state index is 0.214. The Labute approximate surface area is 162 Å². The average Bonchev–Trinajstić information content (AvgIpc) is 2.62. The predicted molar refractivity (Wildman–Crippen MR) is 107 cm³/mol. The Kier molecular flexibility index (Phi) is 4.64. The van der Waals surface area contributed by atoms with Crippen molar-refractivity contribution >= 4 is 40.5 Å². The normalized spacial score (nSPS) is 19.2. The van der Waals surface area contributed by atoms with Crippen LogP contribution in [0.25, 0.3) is 0 Å². The smallest absolute Gasteiger partial charge is 0.0523 e. The molecule has 126 valence electrons. The van der Waals surface area contributed by atoms with E-state index >= 15 is 0 Å². The zero-order valence-corrected chi connectivity index (χ0v) is 15.6. The fourth-order valence-corrected chi connectivity index (χ4v) is 3.92. The lowest BCUT2D eigenvalue weighted by atomic mass is 9.80. The van der Waals surface area contributed by atoms with Gasteiger partial charge in [-0.3, -0.25) is 0 Å². The van der Waals surface area contributed by atoms with E-state index in [9.17, 15) is 0 Å². The molecule has 0 fully saturated rings. The van der Waals surface area contributed by atoms with Gasteiger partial charge in [0.05, 0.1) is 6.04 Å². The molecule has 1 heterocycles. The van der Waals surface area contributed by atoms with Crippen molar-refractivity contribution in [3.63, 3.8) is 0 Å². The van der Waals surface area contributed by atoms with Crippen LogP contribution in [0.1, 0.15) is 35.1 Å². The average molecular weight is 389 g/mol. The zero-order chi connectivity index (χ0) is 17.4. The molecule has 0 aromatic heterocycles. The van der Waals surface area contributed by atoms with Crippen LogP contribution in [-0.4, -0.2) is 0 Å². The first kappa shape index (κ1) is 16.8. The summed E-state index contributed by atoms with van der Waals surface area (Å²) in [7, 11) is 0. The Hall–Kier alpha value is -1.67. The third kappa shape index (κ3) is 3.50. The number of nitrogens with one attached hydrogen (secondary N) is 1. The van der Waals surface area contributed by atoms with Gasteiger partial charge >= 0.3 is 0 Å². The largest absolute Gasteiger partial charge is 0.378 e. The van der Waals surface area contributed by atoms with Crippen LogP contribution in [0.2, 0.25) is 15.1 Å². The molecule has 0 unspecified atom stereocenters. The Balaban J connectivity index is 1.77. The summed E-state index contributed by atoms with van der Waals surface area (Å²) in [5, 5.41) is 5.90. The number of halogens is 3. The summed E-state index contributed by atoms with van der Waals surface area (Å²) in [6.45, 7) is 0. The molecular formula is C21H16Cl3N. The van der Waals surface area contributed by atoms with E-state index in [-0.39, 0.29) is 12.0 Å². The highest BCUT2D eigenvalue weighted by Crippen LogP contribution is 2.44. The highest BCUT2D eigenvalue weighted by molar-refractivity contribution is 6.31. The molecule has 0 saturated carbocycles. The molecule has 0 saturated heterocycles. The predicted octanol–water partition coefficient (Wildman–Crippen LogP) is 7.34. The topological polar surface area (TPSA) is 12.0 Å². The van der Waals surface area contributed by atoms with Crippen LogP contribution in [0.15, 0.2) is 66.7 Å². The first-order chi connectivity index (χ1) is 12.1. The molecule has 0 bridgehead atoms. The second kappa shape index (κ2) is 6.92. The van der Waals surface area contributed by atoms with E-state index in [4.69, 9.17) is 34.8 Å². The molecule has 3 aromatic carbocycles. The van der Waals surface area contributed by atoms with Crippen molar-refractivity contribution in [2.45, 2.75) is 18.4 Å². The Morgan fingerprint density at radius 2 is 1.24 bits per heavy atom. The first-order valence-electron chi connectivity index (χ1n) is 8.17. The second-order valence-electron chi connectivity index (χ2n) is 6.32. The number of hydrogen-bond donors (Lipinski definition) is 1. The van der Waals surface area contributed by atoms with Crippen LogP contribution in [0.4, 0.5) is 5.69 Å². The van der Waals surface area contributed by atoms with Crippen LogP contribution in [0.3, 0.4) is 0 Å². The van der Waals surface area contributed by atoms with E-state index in [1.54, 1.807) is 0 Å². The third-order valence-corrected chi connectivity index (χ3v) is 5.47. The zero-order valence-electron chi connectivity index (χ0n) is 13.3. The molecule has 3 aromatic rings.